The molecule has 0 radical (unpaired) electrons. The molecule has 108 valence electrons. The Morgan fingerprint density at radius 1 is 1.50 bits per heavy atom. The molecular formula is C16H21NO3. The number of allylic oxidation sites excluding steroid dienone is 2. The van der Waals surface area contributed by atoms with E-state index in [9.17, 15) is 4.79 Å². The zero-order valence-corrected chi connectivity index (χ0v) is 12.4. The minimum absolute atomic E-state index is 0.00202. The number of ether oxygens (including phenoxy) is 2. The standard InChI is InChI=1S/C16H21NO3/c1-5-20-16(12(2)3)9-7-6-8-14(16)10-13(11-17)15(18)19-4/h6-10,12,14H,5H2,1-4H3. The minimum atomic E-state index is -0.621. The smallest absolute Gasteiger partial charge is 0.348 e. The van der Waals surface area contributed by atoms with E-state index in [0.717, 1.165) is 0 Å². The Kier molecular flexibility index (Phi) is 5.72. The Morgan fingerprint density at radius 2 is 2.20 bits per heavy atom. The van der Waals surface area contributed by atoms with Gasteiger partial charge in [0.15, 0.2) is 0 Å². The second-order valence-corrected chi connectivity index (χ2v) is 4.89. The molecule has 2 atom stereocenters. The first kappa shape index (κ1) is 16.2. The molecule has 0 fully saturated rings. The van der Waals surface area contributed by atoms with E-state index in [-0.39, 0.29) is 17.4 Å². The van der Waals surface area contributed by atoms with Crippen molar-refractivity contribution in [3.63, 3.8) is 0 Å². The van der Waals surface area contributed by atoms with Crippen LogP contribution in [-0.2, 0) is 14.3 Å². The molecule has 2 unspecified atom stereocenters. The zero-order chi connectivity index (χ0) is 15.2. The molecule has 0 saturated heterocycles. The number of nitrogens with zero attached hydrogens (tertiary/aromatic N) is 1. The average molecular weight is 275 g/mol. The second-order valence-electron chi connectivity index (χ2n) is 4.89. The first-order valence-electron chi connectivity index (χ1n) is 6.72. The van der Waals surface area contributed by atoms with Gasteiger partial charge in [-0.25, -0.2) is 4.79 Å². The predicted molar refractivity (Wildman–Crippen MR) is 76.7 cm³/mol. The van der Waals surface area contributed by atoms with Gasteiger partial charge in [0, 0.05) is 12.5 Å². The monoisotopic (exact) mass is 275 g/mol. The fourth-order valence-corrected chi connectivity index (χ4v) is 2.42. The highest BCUT2D eigenvalue weighted by Gasteiger charge is 2.39. The van der Waals surface area contributed by atoms with Crippen LogP contribution in [0.1, 0.15) is 20.8 Å². The molecule has 0 aliphatic heterocycles. The van der Waals surface area contributed by atoms with Crippen LogP contribution >= 0.6 is 0 Å². The van der Waals surface area contributed by atoms with Crippen molar-refractivity contribution in [1.29, 1.82) is 5.26 Å². The zero-order valence-electron chi connectivity index (χ0n) is 12.4. The quantitative estimate of drug-likeness (QED) is 0.440. The molecule has 0 spiro atoms. The molecule has 20 heavy (non-hydrogen) atoms. The highest BCUT2D eigenvalue weighted by atomic mass is 16.5. The van der Waals surface area contributed by atoms with Gasteiger partial charge in [-0.05, 0) is 18.9 Å². The maximum Gasteiger partial charge on any atom is 0.348 e. The van der Waals surface area contributed by atoms with Crippen LogP contribution in [0.3, 0.4) is 0 Å². The Hall–Kier alpha value is -1.86. The van der Waals surface area contributed by atoms with Crippen molar-refractivity contribution in [3.05, 3.63) is 36.0 Å². The molecular weight excluding hydrogens is 254 g/mol. The van der Waals surface area contributed by atoms with E-state index in [1.807, 2.05) is 37.3 Å². The van der Waals surface area contributed by atoms with Crippen LogP contribution in [0, 0.1) is 23.2 Å². The lowest BCUT2D eigenvalue weighted by molar-refractivity contribution is -0.135. The number of methoxy groups -OCH3 is 1. The summed E-state index contributed by atoms with van der Waals surface area (Å²) in [4.78, 5) is 11.6. The van der Waals surface area contributed by atoms with Gasteiger partial charge in [0.05, 0.1) is 12.7 Å². The highest BCUT2D eigenvalue weighted by molar-refractivity contribution is 5.92. The molecule has 0 aromatic heterocycles. The van der Waals surface area contributed by atoms with Gasteiger partial charge < -0.3 is 9.47 Å². The van der Waals surface area contributed by atoms with E-state index >= 15 is 0 Å². The van der Waals surface area contributed by atoms with Crippen molar-refractivity contribution in [2.45, 2.75) is 26.4 Å². The van der Waals surface area contributed by atoms with E-state index in [2.05, 4.69) is 18.6 Å². The largest absolute Gasteiger partial charge is 0.465 e. The maximum absolute atomic E-state index is 11.6. The third-order valence-electron chi connectivity index (χ3n) is 3.48. The molecule has 0 bridgehead atoms. The topological polar surface area (TPSA) is 59.3 Å². The normalized spacial score (nSPS) is 25.6. The lowest BCUT2D eigenvalue weighted by Gasteiger charge is -2.40. The van der Waals surface area contributed by atoms with Gasteiger partial charge in [0.2, 0.25) is 0 Å². The minimum Gasteiger partial charge on any atom is -0.465 e. The molecule has 1 aliphatic rings. The molecule has 1 rings (SSSR count). The molecule has 4 nitrogen and oxygen atoms in total. The lowest BCUT2D eigenvalue weighted by atomic mass is 9.75. The molecule has 0 N–H and O–H groups in total. The molecule has 0 aromatic rings. The van der Waals surface area contributed by atoms with Gasteiger partial charge >= 0.3 is 5.97 Å². The van der Waals surface area contributed by atoms with Crippen molar-refractivity contribution in [2.75, 3.05) is 13.7 Å². The molecule has 4 heteroatoms. The number of esters is 1. The number of carbonyl (C=O) groups is 1. The van der Waals surface area contributed by atoms with Crippen LogP contribution in [0.15, 0.2) is 36.0 Å². The highest BCUT2D eigenvalue weighted by Crippen LogP contribution is 2.37. The van der Waals surface area contributed by atoms with Gasteiger partial charge in [-0.15, -0.1) is 0 Å². The number of hydrogen-bond donors (Lipinski definition) is 0. The van der Waals surface area contributed by atoms with Crippen LogP contribution in [-0.4, -0.2) is 25.3 Å². The van der Waals surface area contributed by atoms with Crippen LogP contribution < -0.4 is 0 Å². The predicted octanol–water partition coefficient (Wildman–Crippen LogP) is 2.78. The third-order valence-corrected chi connectivity index (χ3v) is 3.48. The summed E-state index contributed by atoms with van der Waals surface area (Å²) in [7, 11) is 1.27. The van der Waals surface area contributed by atoms with E-state index in [4.69, 9.17) is 10.00 Å². The fraction of sp³-hybridized carbons (Fsp3) is 0.500. The van der Waals surface area contributed by atoms with Crippen molar-refractivity contribution in [2.24, 2.45) is 11.8 Å². The Balaban J connectivity index is 3.22. The van der Waals surface area contributed by atoms with Crippen molar-refractivity contribution in [3.8, 4) is 6.07 Å². The summed E-state index contributed by atoms with van der Waals surface area (Å²) >= 11 is 0. The molecule has 0 amide bonds. The van der Waals surface area contributed by atoms with E-state index in [1.165, 1.54) is 7.11 Å². The van der Waals surface area contributed by atoms with E-state index < -0.39 is 11.6 Å². The van der Waals surface area contributed by atoms with Crippen LogP contribution in [0.5, 0.6) is 0 Å². The number of rotatable bonds is 5. The van der Waals surface area contributed by atoms with Crippen molar-refractivity contribution < 1.29 is 14.3 Å². The molecule has 0 aromatic carbocycles. The van der Waals surface area contributed by atoms with Crippen LogP contribution in [0.2, 0.25) is 0 Å². The molecule has 0 heterocycles. The summed E-state index contributed by atoms with van der Waals surface area (Å²) in [6.45, 7) is 6.61. The number of hydrogen-bond acceptors (Lipinski definition) is 4. The Morgan fingerprint density at radius 3 is 2.70 bits per heavy atom. The summed E-state index contributed by atoms with van der Waals surface area (Å²) in [5.74, 6) is -0.603. The summed E-state index contributed by atoms with van der Waals surface area (Å²) in [5, 5.41) is 9.09. The SMILES string of the molecule is CCOC1(C(C)C)C=CC=CC1C=C(C#N)C(=O)OC. The van der Waals surface area contributed by atoms with Crippen molar-refractivity contribution in [1.82, 2.24) is 0 Å². The molecule has 0 saturated carbocycles. The Labute approximate surface area is 120 Å². The van der Waals surface area contributed by atoms with E-state index in [1.54, 1.807) is 6.08 Å². The van der Waals surface area contributed by atoms with Gasteiger partial charge in [0.25, 0.3) is 0 Å². The Bertz CT molecular complexity index is 482. The van der Waals surface area contributed by atoms with Crippen LogP contribution in [0.4, 0.5) is 0 Å². The third kappa shape index (κ3) is 3.17. The lowest BCUT2D eigenvalue weighted by Crippen LogP contribution is -2.43. The number of nitriles is 1. The first-order valence-corrected chi connectivity index (χ1v) is 6.72. The van der Waals surface area contributed by atoms with Crippen LogP contribution in [0.25, 0.3) is 0 Å². The van der Waals surface area contributed by atoms with Gasteiger partial charge in [-0.2, -0.15) is 5.26 Å². The summed E-state index contributed by atoms with van der Waals surface area (Å²) < 4.78 is 10.6. The van der Waals surface area contributed by atoms with Gasteiger partial charge in [-0.1, -0.05) is 38.2 Å². The maximum atomic E-state index is 11.6. The average Bonchev–Trinajstić information content (AvgIpc) is 2.45. The fourth-order valence-electron chi connectivity index (χ4n) is 2.42. The molecule has 1 aliphatic carbocycles. The summed E-state index contributed by atoms with van der Waals surface area (Å²) in [5.41, 5.74) is -0.540. The van der Waals surface area contributed by atoms with Crippen molar-refractivity contribution >= 4 is 5.97 Å². The number of carbonyl (C=O) groups excluding carboxylic acids is 1. The van der Waals surface area contributed by atoms with Gasteiger partial charge in [-0.3, -0.25) is 0 Å². The first-order chi connectivity index (χ1) is 9.51. The van der Waals surface area contributed by atoms with E-state index in [0.29, 0.717) is 6.61 Å². The van der Waals surface area contributed by atoms with Gasteiger partial charge in [0.1, 0.15) is 11.6 Å². The second kappa shape index (κ2) is 7.06. The summed E-state index contributed by atoms with van der Waals surface area (Å²) in [6.07, 6.45) is 9.39. The summed E-state index contributed by atoms with van der Waals surface area (Å²) in [6, 6.07) is 1.89.